The predicted molar refractivity (Wildman–Crippen MR) is 139 cm³/mol. The number of para-hydroxylation sites is 1. The molecular formula is C29H29ClO7. The third kappa shape index (κ3) is 5.67. The standard InChI is InChI=1S/C29H29ClO7/c30-23-10-7-19(29-28(34)27(33)26(32)25(16-31)37-29)14-20(23)13-17-5-8-21(9-6-17)35-12-11-22-15-18-3-1-2-4-24(18)36-22/h1-10,14-15,25-29,31-34H,11-13,16H2/t25-,26-,27+,28-,29+/m1/s1. The molecule has 0 spiro atoms. The molecule has 0 radical (unpaired) electrons. The van der Waals surface area contributed by atoms with Crippen LogP contribution in [-0.2, 0) is 17.6 Å². The Morgan fingerprint density at radius 1 is 0.865 bits per heavy atom. The van der Waals surface area contributed by atoms with Gasteiger partial charge in [-0.05, 0) is 53.4 Å². The molecule has 0 unspecified atom stereocenters. The Morgan fingerprint density at radius 3 is 2.41 bits per heavy atom. The molecule has 0 amide bonds. The minimum absolute atomic E-state index is 0.478. The van der Waals surface area contributed by atoms with Crippen LogP contribution in [0.1, 0.15) is 28.6 Å². The molecule has 1 saturated heterocycles. The lowest BCUT2D eigenvalue weighted by Crippen LogP contribution is -2.55. The number of fused-ring (bicyclic) bond motifs is 1. The first-order valence-electron chi connectivity index (χ1n) is 12.2. The van der Waals surface area contributed by atoms with E-state index >= 15 is 0 Å². The second-order valence-electron chi connectivity index (χ2n) is 9.27. The number of rotatable bonds is 8. The summed E-state index contributed by atoms with van der Waals surface area (Å²) < 4.78 is 17.4. The maximum absolute atomic E-state index is 10.5. The van der Waals surface area contributed by atoms with Crippen molar-refractivity contribution in [2.24, 2.45) is 0 Å². The Hall–Kier alpha value is -2.91. The molecule has 37 heavy (non-hydrogen) atoms. The second-order valence-corrected chi connectivity index (χ2v) is 9.68. The molecule has 3 aromatic carbocycles. The lowest BCUT2D eigenvalue weighted by molar-refractivity contribution is -0.231. The van der Waals surface area contributed by atoms with Gasteiger partial charge in [0.15, 0.2) is 0 Å². The van der Waals surface area contributed by atoms with Crippen LogP contribution >= 0.6 is 11.6 Å². The lowest BCUT2D eigenvalue weighted by Gasteiger charge is -2.40. The Balaban J connectivity index is 1.22. The highest BCUT2D eigenvalue weighted by molar-refractivity contribution is 6.31. The number of halogens is 1. The zero-order chi connectivity index (χ0) is 25.9. The number of benzene rings is 3. The van der Waals surface area contributed by atoms with E-state index in [2.05, 4.69) is 0 Å². The van der Waals surface area contributed by atoms with Gasteiger partial charge in [0.1, 0.15) is 47.6 Å². The molecule has 5 rings (SSSR count). The molecule has 0 aliphatic carbocycles. The summed E-state index contributed by atoms with van der Waals surface area (Å²) in [7, 11) is 0. The summed E-state index contributed by atoms with van der Waals surface area (Å²) >= 11 is 6.45. The summed E-state index contributed by atoms with van der Waals surface area (Å²) in [6.07, 6.45) is -4.86. The molecule has 1 aromatic heterocycles. The molecule has 4 N–H and O–H groups in total. The molecule has 5 atom stereocenters. The van der Waals surface area contributed by atoms with Crippen molar-refractivity contribution in [2.45, 2.75) is 43.4 Å². The maximum atomic E-state index is 10.5. The molecule has 8 heteroatoms. The number of ether oxygens (including phenoxy) is 2. The highest BCUT2D eigenvalue weighted by atomic mass is 35.5. The lowest BCUT2D eigenvalue weighted by atomic mass is 9.90. The topological polar surface area (TPSA) is 113 Å². The van der Waals surface area contributed by atoms with Crippen LogP contribution in [0, 0.1) is 0 Å². The van der Waals surface area contributed by atoms with Gasteiger partial charge in [0, 0.05) is 16.8 Å². The number of furan rings is 1. The van der Waals surface area contributed by atoms with Crippen molar-refractivity contribution in [3.05, 3.63) is 100 Å². The SMILES string of the molecule is OC[C@H]1O[C@@H](c2ccc(Cl)c(Cc3ccc(OCCc4cc5ccccc5o4)cc3)c2)[C@H](O)[C@@H](O)[C@@H]1O. The third-order valence-electron chi connectivity index (χ3n) is 6.70. The van der Waals surface area contributed by atoms with Crippen LogP contribution in [0.25, 0.3) is 11.0 Å². The van der Waals surface area contributed by atoms with E-state index in [4.69, 9.17) is 25.5 Å². The van der Waals surface area contributed by atoms with E-state index in [1.165, 1.54) is 0 Å². The third-order valence-corrected chi connectivity index (χ3v) is 7.07. The average molecular weight is 525 g/mol. The number of hydrogen-bond acceptors (Lipinski definition) is 7. The van der Waals surface area contributed by atoms with Crippen LogP contribution in [0.2, 0.25) is 5.02 Å². The van der Waals surface area contributed by atoms with Crippen molar-refractivity contribution in [1.82, 2.24) is 0 Å². The number of hydrogen-bond donors (Lipinski definition) is 4. The fraction of sp³-hybridized carbons (Fsp3) is 0.310. The maximum Gasteiger partial charge on any atom is 0.134 e. The van der Waals surface area contributed by atoms with Crippen molar-refractivity contribution in [2.75, 3.05) is 13.2 Å². The van der Waals surface area contributed by atoms with Gasteiger partial charge < -0.3 is 34.3 Å². The van der Waals surface area contributed by atoms with Crippen molar-refractivity contribution in [3.63, 3.8) is 0 Å². The van der Waals surface area contributed by atoms with Gasteiger partial charge in [0.25, 0.3) is 0 Å². The molecule has 2 heterocycles. The fourth-order valence-corrected chi connectivity index (χ4v) is 4.82. The minimum Gasteiger partial charge on any atom is -0.493 e. The Labute approximate surface area is 219 Å². The summed E-state index contributed by atoms with van der Waals surface area (Å²) in [6, 6.07) is 22.9. The Kier molecular flexibility index (Phi) is 7.81. The molecule has 0 bridgehead atoms. The van der Waals surface area contributed by atoms with E-state index in [0.717, 1.165) is 33.6 Å². The van der Waals surface area contributed by atoms with Crippen molar-refractivity contribution in [3.8, 4) is 5.75 Å². The molecule has 4 aromatic rings. The van der Waals surface area contributed by atoms with Gasteiger partial charge in [-0.1, -0.05) is 54.1 Å². The van der Waals surface area contributed by atoms with Crippen LogP contribution in [0.3, 0.4) is 0 Å². The highest BCUT2D eigenvalue weighted by Crippen LogP contribution is 2.34. The van der Waals surface area contributed by atoms with Crippen LogP contribution in [0.4, 0.5) is 0 Å². The first-order chi connectivity index (χ1) is 17.9. The number of aliphatic hydroxyl groups is 4. The van der Waals surface area contributed by atoms with Crippen molar-refractivity contribution < 1.29 is 34.3 Å². The Morgan fingerprint density at radius 2 is 1.65 bits per heavy atom. The smallest absolute Gasteiger partial charge is 0.134 e. The zero-order valence-corrected chi connectivity index (χ0v) is 20.8. The van der Waals surface area contributed by atoms with E-state index in [1.807, 2.05) is 60.7 Å². The second kappa shape index (κ2) is 11.2. The van der Waals surface area contributed by atoms with E-state index in [0.29, 0.717) is 30.0 Å². The van der Waals surface area contributed by atoms with Gasteiger partial charge in [0.05, 0.1) is 13.2 Å². The van der Waals surface area contributed by atoms with Crippen LogP contribution < -0.4 is 4.74 Å². The highest BCUT2D eigenvalue weighted by Gasteiger charge is 2.44. The van der Waals surface area contributed by atoms with E-state index in [9.17, 15) is 20.4 Å². The first kappa shape index (κ1) is 25.7. The van der Waals surface area contributed by atoms with Crippen LogP contribution in [-0.4, -0.2) is 58.1 Å². The predicted octanol–water partition coefficient (Wildman–Crippen LogP) is 3.81. The summed E-state index contributed by atoms with van der Waals surface area (Å²) in [5, 5.41) is 41.8. The molecule has 1 fully saturated rings. The van der Waals surface area contributed by atoms with Crippen molar-refractivity contribution >= 4 is 22.6 Å². The van der Waals surface area contributed by atoms with Crippen LogP contribution in [0.15, 0.2) is 77.2 Å². The van der Waals surface area contributed by atoms with E-state index in [-0.39, 0.29) is 0 Å². The summed E-state index contributed by atoms with van der Waals surface area (Å²) in [4.78, 5) is 0. The minimum atomic E-state index is -1.44. The number of aliphatic hydroxyl groups excluding tert-OH is 4. The summed E-state index contributed by atoms with van der Waals surface area (Å²) in [5.41, 5.74) is 3.30. The quantitative estimate of drug-likeness (QED) is 0.277. The molecular weight excluding hydrogens is 496 g/mol. The normalized spacial score (nSPS) is 23.9. The van der Waals surface area contributed by atoms with Gasteiger partial charge in [-0.2, -0.15) is 0 Å². The van der Waals surface area contributed by atoms with Gasteiger partial charge in [-0.25, -0.2) is 0 Å². The monoisotopic (exact) mass is 524 g/mol. The van der Waals surface area contributed by atoms with Crippen molar-refractivity contribution in [1.29, 1.82) is 0 Å². The van der Waals surface area contributed by atoms with E-state index in [1.54, 1.807) is 12.1 Å². The zero-order valence-electron chi connectivity index (χ0n) is 20.0. The molecule has 7 nitrogen and oxygen atoms in total. The van der Waals surface area contributed by atoms with Gasteiger partial charge in [-0.15, -0.1) is 0 Å². The largest absolute Gasteiger partial charge is 0.493 e. The van der Waals surface area contributed by atoms with Gasteiger partial charge >= 0.3 is 0 Å². The van der Waals surface area contributed by atoms with Gasteiger partial charge in [-0.3, -0.25) is 0 Å². The molecule has 194 valence electrons. The molecule has 1 aliphatic heterocycles. The Bertz CT molecular complexity index is 1300. The average Bonchev–Trinajstić information content (AvgIpc) is 3.33. The molecule has 1 aliphatic rings. The fourth-order valence-electron chi connectivity index (χ4n) is 4.64. The van der Waals surface area contributed by atoms with Crippen LogP contribution in [0.5, 0.6) is 5.75 Å². The van der Waals surface area contributed by atoms with Gasteiger partial charge in [0.2, 0.25) is 0 Å². The van der Waals surface area contributed by atoms with E-state index < -0.39 is 37.1 Å². The molecule has 0 saturated carbocycles. The first-order valence-corrected chi connectivity index (χ1v) is 12.6. The summed E-state index contributed by atoms with van der Waals surface area (Å²) in [5.74, 6) is 1.63. The summed E-state index contributed by atoms with van der Waals surface area (Å²) in [6.45, 7) is 0.0146.